The second kappa shape index (κ2) is 12.1. The molecule has 0 aromatic heterocycles. The predicted molar refractivity (Wildman–Crippen MR) is 142 cm³/mol. The van der Waals surface area contributed by atoms with E-state index in [2.05, 4.69) is 64.2 Å². The van der Waals surface area contributed by atoms with Crippen LogP contribution < -0.4 is 20.9 Å². The van der Waals surface area contributed by atoms with Crippen molar-refractivity contribution in [2.24, 2.45) is 0 Å². The third kappa shape index (κ3) is 6.63. The number of carbonyl (C=O) groups excluding carboxylic acids is 2. The zero-order chi connectivity index (χ0) is 24.5. The van der Waals surface area contributed by atoms with E-state index in [0.29, 0.717) is 24.3 Å². The number of nitrogens with zero attached hydrogens (tertiary/aromatic N) is 1. The molecule has 4 rings (SSSR count). The summed E-state index contributed by atoms with van der Waals surface area (Å²) >= 11 is 0. The van der Waals surface area contributed by atoms with Gasteiger partial charge >= 0.3 is 6.03 Å². The highest BCUT2D eigenvalue weighted by molar-refractivity contribution is 6.02. The number of rotatable bonds is 9. The number of fused-ring (bicyclic) bond motifs is 1. The molecule has 1 aliphatic rings. The SMILES string of the molecule is CCCCNC(=O)Nc1ccc(N2CCc3ccccc3C2)c(C(=O)NCCc2ccccc2)c1. The van der Waals surface area contributed by atoms with Crippen molar-refractivity contribution in [3.05, 3.63) is 95.1 Å². The molecular formula is C29H34N4O2. The van der Waals surface area contributed by atoms with Crippen LogP contribution in [0, 0.1) is 0 Å². The molecule has 3 aromatic carbocycles. The number of amides is 3. The van der Waals surface area contributed by atoms with E-state index in [1.54, 1.807) is 6.07 Å². The van der Waals surface area contributed by atoms with Gasteiger partial charge in [-0.25, -0.2) is 4.79 Å². The number of urea groups is 1. The smallest absolute Gasteiger partial charge is 0.319 e. The van der Waals surface area contributed by atoms with Gasteiger partial charge in [0.2, 0.25) is 0 Å². The van der Waals surface area contributed by atoms with Crippen molar-refractivity contribution in [2.75, 3.05) is 29.9 Å². The van der Waals surface area contributed by atoms with Crippen molar-refractivity contribution in [1.29, 1.82) is 0 Å². The van der Waals surface area contributed by atoms with E-state index in [1.165, 1.54) is 16.7 Å². The van der Waals surface area contributed by atoms with E-state index in [9.17, 15) is 9.59 Å². The van der Waals surface area contributed by atoms with Crippen LogP contribution in [0.15, 0.2) is 72.8 Å². The molecule has 0 saturated heterocycles. The Kier molecular flexibility index (Phi) is 8.39. The first kappa shape index (κ1) is 24.3. The Labute approximate surface area is 207 Å². The first-order valence-electron chi connectivity index (χ1n) is 12.5. The van der Waals surface area contributed by atoms with Crippen LogP contribution in [0.5, 0.6) is 0 Å². The molecule has 3 amide bonds. The Balaban J connectivity index is 1.51. The maximum Gasteiger partial charge on any atom is 0.319 e. The minimum Gasteiger partial charge on any atom is -0.366 e. The summed E-state index contributed by atoms with van der Waals surface area (Å²) in [4.78, 5) is 27.9. The number of benzene rings is 3. The normalized spacial score (nSPS) is 12.5. The number of hydrogen-bond acceptors (Lipinski definition) is 3. The summed E-state index contributed by atoms with van der Waals surface area (Å²) in [6.45, 7) is 4.84. The zero-order valence-electron chi connectivity index (χ0n) is 20.3. The van der Waals surface area contributed by atoms with Gasteiger partial charge in [0.15, 0.2) is 0 Å². The largest absolute Gasteiger partial charge is 0.366 e. The fourth-order valence-electron chi connectivity index (χ4n) is 4.39. The molecule has 0 unspecified atom stereocenters. The van der Waals surface area contributed by atoms with Gasteiger partial charge in [-0.05, 0) is 54.2 Å². The Morgan fingerprint density at radius 1 is 0.886 bits per heavy atom. The first-order valence-corrected chi connectivity index (χ1v) is 12.5. The number of nitrogens with one attached hydrogen (secondary N) is 3. The van der Waals surface area contributed by atoms with Crippen LogP contribution in [0.2, 0.25) is 0 Å². The monoisotopic (exact) mass is 470 g/mol. The topological polar surface area (TPSA) is 73.5 Å². The van der Waals surface area contributed by atoms with E-state index < -0.39 is 0 Å². The minimum atomic E-state index is -0.256. The molecule has 0 aliphatic carbocycles. The average molecular weight is 471 g/mol. The maximum atomic E-state index is 13.3. The molecule has 6 heteroatoms. The molecule has 0 radical (unpaired) electrons. The Morgan fingerprint density at radius 2 is 1.66 bits per heavy atom. The second-order valence-electron chi connectivity index (χ2n) is 8.90. The minimum absolute atomic E-state index is 0.134. The van der Waals surface area contributed by atoms with Gasteiger partial charge in [0.25, 0.3) is 5.91 Å². The fraction of sp³-hybridized carbons (Fsp3) is 0.310. The van der Waals surface area contributed by atoms with Gasteiger partial charge in [0, 0.05) is 37.6 Å². The highest BCUT2D eigenvalue weighted by Crippen LogP contribution is 2.29. The molecule has 3 aromatic rings. The lowest BCUT2D eigenvalue weighted by molar-refractivity contribution is 0.0954. The lowest BCUT2D eigenvalue weighted by Gasteiger charge is -2.32. The summed E-state index contributed by atoms with van der Waals surface area (Å²) in [5.74, 6) is -0.134. The van der Waals surface area contributed by atoms with Gasteiger partial charge in [-0.15, -0.1) is 0 Å². The summed E-state index contributed by atoms with van der Waals surface area (Å²) < 4.78 is 0. The summed E-state index contributed by atoms with van der Waals surface area (Å²) in [6.07, 6.45) is 3.64. The average Bonchev–Trinajstić information content (AvgIpc) is 2.89. The summed E-state index contributed by atoms with van der Waals surface area (Å²) in [6, 6.07) is 23.9. The van der Waals surface area contributed by atoms with Crippen molar-refractivity contribution < 1.29 is 9.59 Å². The highest BCUT2D eigenvalue weighted by Gasteiger charge is 2.22. The van der Waals surface area contributed by atoms with Gasteiger partial charge in [0.05, 0.1) is 5.56 Å². The number of anilines is 2. The van der Waals surface area contributed by atoms with E-state index in [4.69, 9.17) is 0 Å². The van der Waals surface area contributed by atoms with Crippen LogP contribution in [-0.2, 0) is 19.4 Å². The number of hydrogen-bond donors (Lipinski definition) is 3. The van der Waals surface area contributed by atoms with Crippen LogP contribution >= 0.6 is 0 Å². The highest BCUT2D eigenvalue weighted by atomic mass is 16.2. The third-order valence-corrected chi connectivity index (χ3v) is 6.33. The Bertz CT molecular complexity index is 1150. The number of carbonyl (C=O) groups is 2. The molecule has 0 spiro atoms. The zero-order valence-corrected chi connectivity index (χ0v) is 20.3. The quantitative estimate of drug-likeness (QED) is 0.379. The van der Waals surface area contributed by atoms with Gasteiger partial charge in [-0.1, -0.05) is 67.9 Å². The molecule has 1 heterocycles. The first-order chi connectivity index (χ1) is 17.1. The summed E-state index contributed by atoms with van der Waals surface area (Å²) in [7, 11) is 0. The lowest BCUT2D eigenvalue weighted by atomic mass is 9.98. The van der Waals surface area contributed by atoms with Crippen LogP contribution in [0.25, 0.3) is 0 Å². The molecular weight excluding hydrogens is 436 g/mol. The van der Waals surface area contributed by atoms with Gasteiger partial charge in [0.1, 0.15) is 0 Å². The second-order valence-corrected chi connectivity index (χ2v) is 8.90. The third-order valence-electron chi connectivity index (χ3n) is 6.33. The van der Waals surface area contributed by atoms with Crippen molar-refractivity contribution >= 4 is 23.3 Å². The van der Waals surface area contributed by atoms with Crippen molar-refractivity contribution in [1.82, 2.24) is 10.6 Å². The van der Waals surface area contributed by atoms with Gasteiger partial charge < -0.3 is 20.9 Å². The standard InChI is InChI=1S/C29H34N4O2/c1-2-3-17-31-29(35)32-25-13-14-27(33-19-16-23-11-7-8-12-24(23)21-33)26(20-25)28(34)30-18-15-22-9-5-4-6-10-22/h4-14,20H,2-3,15-19,21H2,1H3,(H,30,34)(H2,31,32,35). The molecule has 0 bridgehead atoms. The van der Waals surface area contributed by atoms with E-state index in [1.807, 2.05) is 30.3 Å². The predicted octanol–water partition coefficient (Wildman–Crippen LogP) is 5.14. The van der Waals surface area contributed by atoms with Gasteiger partial charge in [-0.3, -0.25) is 4.79 Å². The molecule has 1 aliphatic heterocycles. The van der Waals surface area contributed by atoms with E-state index in [0.717, 1.165) is 44.5 Å². The van der Waals surface area contributed by atoms with Crippen molar-refractivity contribution in [2.45, 2.75) is 39.2 Å². The molecule has 0 fully saturated rings. The molecule has 35 heavy (non-hydrogen) atoms. The van der Waals surface area contributed by atoms with Crippen LogP contribution in [0.1, 0.15) is 46.8 Å². The molecule has 3 N–H and O–H groups in total. The lowest BCUT2D eigenvalue weighted by Crippen LogP contribution is -2.34. The van der Waals surface area contributed by atoms with Crippen molar-refractivity contribution in [3.8, 4) is 0 Å². The van der Waals surface area contributed by atoms with Crippen LogP contribution in [0.3, 0.4) is 0 Å². The fourth-order valence-corrected chi connectivity index (χ4v) is 4.39. The Hall–Kier alpha value is -3.80. The van der Waals surface area contributed by atoms with E-state index >= 15 is 0 Å². The van der Waals surface area contributed by atoms with Crippen LogP contribution in [-0.4, -0.2) is 31.6 Å². The Morgan fingerprint density at radius 3 is 2.46 bits per heavy atom. The molecule has 182 valence electrons. The summed E-state index contributed by atoms with van der Waals surface area (Å²) in [5, 5.41) is 8.81. The maximum absolute atomic E-state index is 13.3. The van der Waals surface area contributed by atoms with Gasteiger partial charge in [-0.2, -0.15) is 0 Å². The van der Waals surface area contributed by atoms with Crippen molar-refractivity contribution in [3.63, 3.8) is 0 Å². The summed E-state index contributed by atoms with van der Waals surface area (Å²) in [5.41, 5.74) is 5.89. The number of unbranched alkanes of at least 4 members (excludes halogenated alkanes) is 1. The van der Waals surface area contributed by atoms with Crippen LogP contribution in [0.4, 0.5) is 16.2 Å². The molecule has 6 nitrogen and oxygen atoms in total. The van der Waals surface area contributed by atoms with E-state index in [-0.39, 0.29) is 11.9 Å². The molecule has 0 saturated carbocycles. The molecule has 0 atom stereocenters.